The van der Waals surface area contributed by atoms with Crippen LogP contribution in [0.5, 0.6) is 5.75 Å². The van der Waals surface area contributed by atoms with E-state index in [4.69, 9.17) is 9.94 Å². The molecule has 16 heavy (non-hydrogen) atoms. The van der Waals surface area contributed by atoms with E-state index < -0.39 is 0 Å². The van der Waals surface area contributed by atoms with Gasteiger partial charge in [-0.2, -0.15) is 0 Å². The highest BCUT2D eigenvalue weighted by Gasteiger charge is 2.12. The Balaban J connectivity index is 2.46. The Hall–Kier alpha value is -1.06. The van der Waals surface area contributed by atoms with E-state index in [-0.39, 0.29) is 5.41 Å². The molecular formula is C13H21NO2. The van der Waals surface area contributed by atoms with Crippen molar-refractivity contribution in [1.82, 2.24) is 5.48 Å². The van der Waals surface area contributed by atoms with E-state index in [1.807, 2.05) is 12.1 Å². The minimum absolute atomic E-state index is 0.180. The van der Waals surface area contributed by atoms with Crippen LogP contribution in [-0.2, 0) is 5.41 Å². The maximum atomic E-state index is 8.38. The van der Waals surface area contributed by atoms with Crippen LogP contribution in [0.15, 0.2) is 24.3 Å². The van der Waals surface area contributed by atoms with Crippen molar-refractivity contribution in [2.45, 2.75) is 32.6 Å². The quantitative estimate of drug-likeness (QED) is 0.595. The van der Waals surface area contributed by atoms with Crippen molar-refractivity contribution in [2.24, 2.45) is 0 Å². The van der Waals surface area contributed by atoms with Gasteiger partial charge in [0.1, 0.15) is 5.75 Å². The smallest absolute Gasteiger partial charge is 0.119 e. The highest BCUT2D eigenvalue weighted by molar-refractivity contribution is 5.31. The number of hydrogen-bond acceptors (Lipinski definition) is 3. The summed E-state index contributed by atoms with van der Waals surface area (Å²) in [6, 6.07) is 8.18. The zero-order valence-corrected chi connectivity index (χ0v) is 10.3. The van der Waals surface area contributed by atoms with Crippen molar-refractivity contribution in [1.29, 1.82) is 0 Å². The molecular weight excluding hydrogens is 202 g/mol. The topological polar surface area (TPSA) is 41.5 Å². The van der Waals surface area contributed by atoms with E-state index in [2.05, 4.69) is 38.4 Å². The van der Waals surface area contributed by atoms with Gasteiger partial charge in [0, 0.05) is 6.54 Å². The van der Waals surface area contributed by atoms with E-state index in [1.165, 1.54) is 5.56 Å². The first kappa shape index (κ1) is 13.0. The van der Waals surface area contributed by atoms with Crippen molar-refractivity contribution >= 4 is 0 Å². The molecule has 0 radical (unpaired) electrons. The summed E-state index contributed by atoms with van der Waals surface area (Å²) < 4.78 is 5.52. The number of ether oxygens (including phenoxy) is 1. The molecule has 0 atom stereocenters. The summed E-state index contributed by atoms with van der Waals surface area (Å²) in [5, 5.41) is 8.38. The summed E-state index contributed by atoms with van der Waals surface area (Å²) in [6.45, 7) is 7.74. The van der Waals surface area contributed by atoms with E-state index in [9.17, 15) is 0 Å². The molecule has 0 saturated heterocycles. The average Bonchev–Trinajstić information content (AvgIpc) is 2.24. The Morgan fingerprint density at radius 3 is 2.31 bits per heavy atom. The maximum Gasteiger partial charge on any atom is 0.119 e. The van der Waals surface area contributed by atoms with Gasteiger partial charge in [-0.1, -0.05) is 32.9 Å². The number of nitrogens with one attached hydrogen (secondary N) is 1. The van der Waals surface area contributed by atoms with E-state index in [0.29, 0.717) is 13.2 Å². The summed E-state index contributed by atoms with van der Waals surface area (Å²) >= 11 is 0. The normalized spacial score (nSPS) is 11.5. The molecule has 0 aliphatic rings. The third-order valence-corrected chi connectivity index (χ3v) is 2.42. The zero-order valence-electron chi connectivity index (χ0n) is 10.3. The second-order valence-corrected chi connectivity index (χ2v) is 4.88. The molecule has 0 unspecified atom stereocenters. The number of hydroxylamine groups is 1. The largest absolute Gasteiger partial charge is 0.494 e. The van der Waals surface area contributed by atoms with Gasteiger partial charge in [0.25, 0.3) is 0 Å². The lowest BCUT2D eigenvalue weighted by molar-refractivity contribution is 0.157. The summed E-state index contributed by atoms with van der Waals surface area (Å²) in [7, 11) is 0. The molecule has 0 spiro atoms. The fourth-order valence-electron chi connectivity index (χ4n) is 1.39. The first-order valence-electron chi connectivity index (χ1n) is 5.64. The Labute approximate surface area is 97.4 Å². The van der Waals surface area contributed by atoms with E-state index >= 15 is 0 Å². The first-order chi connectivity index (χ1) is 7.54. The Morgan fingerprint density at radius 2 is 1.81 bits per heavy atom. The number of benzene rings is 1. The van der Waals surface area contributed by atoms with Gasteiger partial charge in [-0.15, -0.1) is 0 Å². The third-order valence-electron chi connectivity index (χ3n) is 2.42. The highest BCUT2D eigenvalue weighted by Crippen LogP contribution is 2.24. The van der Waals surface area contributed by atoms with Gasteiger partial charge in [0.15, 0.2) is 0 Å². The molecule has 0 saturated carbocycles. The van der Waals surface area contributed by atoms with Gasteiger partial charge in [-0.05, 0) is 29.5 Å². The molecule has 1 rings (SSSR count). The van der Waals surface area contributed by atoms with Crippen LogP contribution in [0.25, 0.3) is 0 Å². The summed E-state index contributed by atoms with van der Waals surface area (Å²) in [4.78, 5) is 0. The Kier molecular flexibility index (Phi) is 4.77. The number of rotatable bonds is 5. The van der Waals surface area contributed by atoms with Gasteiger partial charge < -0.3 is 9.94 Å². The molecule has 0 heterocycles. The second kappa shape index (κ2) is 5.87. The molecule has 2 N–H and O–H groups in total. The van der Waals surface area contributed by atoms with Gasteiger partial charge in [0.2, 0.25) is 0 Å². The van der Waals surface area contributed by atoms with Crippen molar-refractivity contribution in [2.75, 3.05) is 13.2 Å². The molecule has 3 nitrogen and oxygen atoms in total. The van der Waals surface area contributed by atoms with E-state index in [1.54, 1.807) is 0 Å². The van der Waals surface area contributed by atoms with Gasteiger partial charge in [0.05, 0.1) is 6.61 Å². The van der Waals surface area contributed by atoms with E-state index in [0.717, 1.165) is 12.2 Å². The lowest BCUT2D eigenvalue weighted by atomic mass is 9.87. The molecule has 0 bridgehead atoms. The molecule has 1 aromatic rings. The SMILES string of the molecule is CC(C)(C)c1ccc(OCCCNO)cc1. The van der Waals surface area contributed by atoms with Crippen LogP contribution in [0.2, 0.25) is 0 Å². The van der Waals surface area contributed by atoms with Crippen molar-refractivity contribution in [3.05, 3.63) is 29.8 Å². The summed E-state index contributed by atoms with van der Waals surface area (Å²) in [6.07, 6.45) is 0.789. The molecule has 0 fully saturated rings. The minimum Gasteiger partial charge on any atom is -0.494 e. The standard InChI is InChI=1S/C13H21NO2/c1-13(2,3)11-5-7-12(8-6-11)16-10-4-9-14-15/h5-8,14-15H,4,9-10H2,1-3H3. The van der Waals surface area contributed by atoms with Gasteiger partial charge in [-0.25, -0.2) is 5.48 Å². The lowest BCUT2D eigenvalue weighted by Crippen LogP contribution is -2.12. The van der Waals surface area contributed by atoms with Crippen LogP contribution in [0.1, 0.15) is 32.8 Å². The fourth-order valence-corrected chi connectivity index (χ4v) is 1.39. The zero-order chi connectivity index (χ0) is 12.0. The predicted octanol–water partition coefficient (Wildman–Crippen LogP) is 2.73. The van der Waals surface area contributed by atoms with Crippen molar-refractivity contribution in [3.8, 4) is 5.75 Å². The molecule has 0 aromatic heterocycles. The van der Waals surface area contributed by atoms with Crippen molar-refractivity contribution < 1.29 is 9.94 Å². The lowest BCUT2D eigenvalue weighted by Gasteiger charge is -2.19. The second-order valence-electron chi connectivity index (χ2n) is 4.88. The van der Waals surface area contributed by atoms with Crippen LogP contribution in [0, 0.1) is 0 Å². The highest BCUT2D eigenvalue weighted by atomic mass is 16.5. The molecule has 1 aromatic carbocycles. The van der Waals surface area contributed by atoms with Crippen LogP contribution in [0.3, 0.4) is 0 Å². The van der Waals surface area contributed by atoms with Gasteiger partial charge >= 0.3 is 0 Å². The number of hydrogen-bond donors (Lipinski definition) is 2. The Morgan fingerprint density at radius 1 is 1.19 bits per heavy atom. The Bertz CT molecular complexity index is 301. The predicted molar refractivity (Wildman–Crippen MR) is 65.0 cm³/mol. The molecule has 0 amide bonds. The average molecular weight is 223 g/mol. The fraction of sp³-hybridized carbons (Fsp3) is 0.538. The summed E-state index contributed by atoms with van der Waals surface area (Å²) in [5.74, 6) is 0.880. The summed E-state index contributed by atoms with van der Waals surface area (Å²) in [5.41, 5.74) is 3.59. The first-order valence-corrected chi connectivity index (χ1v) is 5.64. The molecule has 90 valence electrons. The molecule has 3 heteroatoms. The van der Waals surface area contributed by atoms with Crippen LogP contribution in [-0.4, -0.2) is 18.4 Å². The van der Waals surface area contributed by atoms with Crippen molar-refractivity contribution in [3.63, 3.8) is 0 Å². The van der Waals surface area contributed by atoms with Crippen LogP contribution >= 0.6 is 0 Å². The maximum absolute atomic E-state index is 8.38. The monoisotopic (exact) mass is 223 g/mol. The molecule has 0 aliphatic heterocycles. The minimum atomic E-state index is 0.180. The third kappa shape index (κ3) is 4.21. The van der Waals surface area contributed by atoms with Gasteiger partial charge in [-0.3, -0.25) is 0 Å². The van der Waals surface area contributed by atoms with Crippen LogP contribution < -0.4 is 10.2 Å². The molecule has 0 aliphatic carbocycles. The van der Waals surface area contributed by atoms with Crippen LogP contribution in [0.4, 0.5) is 0 Å².